The van der Waals surface area contributed by atoms with E-state index in [-0.39, 0.29) is 0 Å². The third-order valence-electron chi connectivity index (χ3n) is 3.78. The summed E-state index contributed by atoms with van der Waals surface area (Å²) in [5.41, 5.74) is 0.989. The molecule has 2 heterocycles. The quantitative estimate of drug-likeness (QED) is 0.899. The molecule has 1 fully saturated rings. The summed E-state index contributed by atoms with van der Waals surface area (Å²) in [6, 6.07) is 11.0. The molecule has 0 radical (unpaired) electrons. The summed E-state index contributed by atoms with van der Waals surface area (Å²) in [5, 5.41) is 4.65. The predicted octanol–water partition coefficient (Wildman–Crippen LogP) is 2.62. The smallest absolute Gasteiger partial charge is 0.134 e. The van der Waals surface area contributed by atoms with Gasteiger partial charge >= 0.3 is 0 Å². The van der Waals surface area contributed by atoms with Gasteiger partial charge in [0.1, 0.15) is 11.3 Å². The van der Waals surface area contributed by atoms with Crippen LogP contribution in [0.25, 0.3) is 11.0 Å². The van der Waals surface area contributed by atoms with Crippen LogP contribution in [0.3, 0.4) is 0 Å². The van der Waals surface area contributed by atoms with Gasteiger partial charge in [-0.1, -0.05) is 18.2 Å². The number of hydrogen-bond acceptors (Lipinski definition) is 3. The normalized spacial score (nSPS) is 20.7. The van der Waals surface area contributed by atoms with Gasteiger partial charge in [-0.2, -0.15) is 0 Å². The molecule has 1 aliphatic heterocycles. The van der Waals surface area contributed by atoms with Gasteiger partial charge in [0, 0.05) is 18.0 Å². The Hall–Kier alpha value is -1.32. The maximum atomic E-state index is 5.87. The fourth-order valence-electron chi connectivity index (χ4n) is 2.70. The first-order valence-electron chi connectivity index (χ1n) is 6.71. The third-order valence-corrected chi connectivity index (χ3v) is 3.78. The molecule has 1 unspecified atom stereocenters. The van der Waals surface area contributed by atoms with E-state index in [9.17, 15) is 0 Å². The van der Waals surface area contributed by atoms with Crippen LogP contribution in [-0.4, -0.2) is 31.1 Å². The van der Waals surface area contributed by atoms with E-state index >= 15 is 0 Å². The Kier molecular flexibility index (Phi) is 3.35. The highest BCUT2D eigenvalue weighted by molar-refractivity contribution is 5.77. The zero-order valence-corrected chi connectivity index (χ0v) is 10.9. The number of nitrogens with zero attached hydrogens (tertiary/aromatic N) is 1. The van der Waals surface area contributed by atoms with Crippen LogP contribution in [0.4, 0.5) is 0 Å². The molecule has 1 atom stereocenters. The minimum Gasteiger partial charge on any atom is -0.460 e. The van der Waals surface area contributed by atoms with Gasteiger partial charge in [-0.05, 0) is 38.6 Å². The Morgan fingerprint density at radius 3 is 3.06 bits per heavy atom. The zero-order valence-electron chi connectivity index (χ0n) is 10.9. The number of furan rings is 1. The van der Waals surface area contributed by atoms with Crippen LogP contribution < -0.4 is 5.32 Å². The monoisotopic (exact) mass is 244 g/mol. The minimum atomic E-state index is 0.631. The summed E-state index contributed by atoms with van der Waals surface area (Å²) in [5.74, 6) is 1.06. The Bertz CT molecular complexity index is 481. The Morgan fingerprint density at radius 2 is 2.28 bits per heavy atom. The molecule has 0 amide bonds. The van der Waals surface area contributed by atoms with Crippen molar-refractivity contribution in [2.45, 2.75) is 25.4 Å². The van der Waals surface area contributed by atoms with Gasteiger partial charge in [0.25, 0.3) is 0 Å². The minimum absolute atomic E-state index is 0.631. The lowest BCUT2D eigenvalue weighted by Gasteiger charge is -2.30. The van der Waals surface area contributed by atoms with Crippen molar-refractivity contribution in [2.24, 2.45) is 0 Å². The lowest BCUT2D eigenvalue weighted by molar-refractivity contribution is 0.184. The summed E-state index contributed by atoms with van der Waals surface area (Å²) in [4.78, 5) is 2.39. The molecule has 1 aliphatic rings. The van der Waals surface area contributed by atoms with Gasteiger partial charge in [0.05, 0.1) is 6.54 Å². The average Bonchev–Trinajstić information content (AvgIpc) is 2.82. The van der Waals surface area contributed by atoms with Gasteiger partial charge in [-0.3, -0.25) is 4.90 Å². The summed E-state index contributed by atoms with van der Waals surface area (Å²) < 4.78 is 5.87. The van der Waals surface area contributed by atoms with Gasteiger partial charge < -0.3 is 9.73 Å². The van der Waals surface area contributed by atoms with Crippen molar-refractivity contribution >= 4 is 11.0 Å². The number of fused-ring (bicyclic) bond motifs is 1. The first-order valence-corrected chi connectivity index (χ1v) is 6.71. The topological polar surface area (TPSA) is 28.4 Å². The van der Waals surface area contributed by atoms with Crippen molar-refractivity contribution < 1.29 is 4.42 Å². The fraction of sp³-hybridized carbons (Fsp3) is 0.467. The first kappa shape index (κ1) is 11.8. The Balaban J connectivity index is 1.71. The van der Waals surface area contributed by atoms with E-state index in [0.717, 1.165) is 31.0 Å². The molecule has 0 saturated carbocycles. The number of rotatable bonds is 3. The fourth-order valence-corrected chi connectivity index (χ4v) is 2.70. The van der Waals surface area contributed by atoms with Crippen molar-refractivity contribution in [2.75, 3.05) is 20.1 Å². The Morgan fingerprint density at radius 1 is 1.39 bits per heavy atom. The standard InChI is InChI=1S/C15H20N2O/c1-17(13-6-4-8-16-10-13)11-14-9-12-5-2-3-7-15(12)18-14/h2-3,5,7,9,13,16H,4,6,8,10-11H2,1H3. The molecule has 0 aliphatic carbocycles. The second kappa shape index (κ2) is 5.12. The van der Waals surface area contributed by atoms with Crippen LogP contribution in [0.1, 0.15) is 18.6 Å². The molecule has 1 aromatic carbocycles. The molecule has 3 nitrogen and oxygen atoms in total. The molecule has 0 bridgehead atoms. The van der Waals surface area contributed by atoms with Gasteiger partial charge in [0.2, 0.25) is 0 Å². The van der Waals surface area contributed by atoms with Crippen molar-refractivity contribution in [3.8, 4) is 0 Å². The lowest BCUT2D eigenvalue weighted by Crippen LogP contribution is -2.43. The summed E-state index contributed by atoms with van der Waals surface area (Å²) >= 11 is 0. The number of benzene rings is 1. The second-order valence-electron chi connectivity index (χ2n) is 5.17. The molecule has 1 aromatic heterocycles. The summed E-state index contributed by atoms with van der Waals surface area (Å²) in [6.07, 6.45) is 2.55. The van der Waals surface area contributed by atoms with Gasteiger partial charge in [-0.25, -0.2) is 0 Å². The zero-order chi connectivity index (χ0) is 12.4. The van der Waals surface area contributed by atoms with Gasteiger partial charge in [-0.15, -0.1) is 0 Å². The van der Waals surface area contributed by atoms with Crippen molar-refractivity contribution in [1.29, 1.82) is 0 Å². The largest absolute Gasteiger partial charge is 0.460 e. The molecule has 1 N–H and O–H groups in total. The van der Waals surface area contributed by atoms with Crippen molar-refractivity contribution in [3.63, 3.8) is 0 Å². The van der Waals surface area contributed by atoms with E-state index in [1.807, 2.05) is 12.1 Å². The van der Waals surface area contributed by atoms with Crippen molar-refractivity contribution in [1.82, 2.24) is 10.2 Å². The van der Waals surface area contributed by atoms with Crippen LogP contribution >= 0.6 is 0 Å². The molecule has 96 valence electrons. The molecule has 1 saturated heterocycles. The lowest BCUT2D eigenvalue weighted by atomic mass is 10.1. The Labute approximate surface area is 108 Å². The maximum Gasteiger partial charge on any atom is 0.134 e. The highest BCUT2D eigenvalue weighted by Crippen LogP contribution is 2.21. The van der Waals surface area contributed by atoms with E-state index in [1.54, 1.807) is 0 Å². The molecule has 3 rings (SSSR count). The van der Waals surface area contributed by atoms with E-state index in [4.69, 9.17) is 4.42 Å². The predicted molar refractivity (Wildman–Crippen MR) is 73.6 cm³/mol. The number of para-hydroxylation sites is 1. The second-order valence-corrected chi connectivity index (χ2v) is 5.17. The molecular formula is C15H20N2O. The van der Waals surface area contributed by atoms with E-state index in [0.29, 0.717) is 6.04 Å². The van der Waals surface area contributed by atoms with E-state index in [1.165, 1.54) is 18.2 Å². The van der Waals surface area contributed by atoms with Crippen LogP contribution in [-0.2, 0) is 6.54 Å². The van der Waals surface area contributed by atoms with Gasteiger partial charge in [0.15, 0.2) is 0 Å². The maximum absolute atomic E-state index is 5.87. The average molecular weight is 244 g/mol. The van der Waals surface area contributed by atoms with Crippen LogP contribution in [0, 0.1) is 0 Å². The summed E-state index contributed by atoms with van der Waals surface area (Å²) in [7, 11) is 2.19. The first-order chi connectivity index (χ1) is 8.83. The SMILES string of the molecule is CN(Cc1cc2ccccc2o1)C1CCCNC1. The number of hydrogen-bond donors (Lipinski definition) is 1. The molecule has 18 heavy (non-hydrogen) atoms. The third kappa shape index (κ3) is 2.42. The van der Waals surface area contributed by atoms with E-state index in [2.05, 4.69) is 35.5 Å². The number of nitrogens with one attached hydrogen (secondary N) is 1. The number of piperidine rings is 1. The molecule has 0 spiro atoms. The highest BCUT2D eigenvalue weighted by Gasteiger charge is 2.18. The molecule has 2 aromatic rings. The molecular weight excluding hydrogens is 224 g/mol. The van der Waals surface area contributed by atoms with Crippen LogP contribution in [0.15, 0.2) is 34.7 Å². The van der Waals surface area contributed by atoms with E-state index < -0.39 is 0 Å². The van der Waals surface area contributed by atoms with Crippen LogP contribution in [0.2, 0.25) is 0 Å². The summed E-state index contributed by atoms with van der Waals surface area (Å²) in [6.45, 7) is 3.15. The number of likely N-dealkylation sites (N-methyl/N-ethyl adjacent to an activating group) is 1. The van der Waals surface area contributed by atoms with Crippen molar-refractivity contribution in [3.05, 3.63) is 36.1 Å². The highest BCUT2D eigenvalue weighted by atomic mass is 16.3. The molecule has 3 heteroatoms. The van der Waals surface area contributed by atoms with Crippen LogP contribution in [0.5, 0.6) is 0 Å².